The molecule has 1 saturated heterocycles. The van der Waals surface area contributed by atoms with Crippen LogP contribution >= 0.6 is 0 Å². The number of nitrogens with one attached hydrogen (secondary N) is 1. The zero-order valence-electron chi connectivity index (χ0n) is 13.1. The van der Waals surface area contributed by atoms with Gasteiger partial charge in [0.2, 0.25) is 11.8 Å². The van der Waals surface area contributed by atoms with Crippen LogP contribution in [0.25, 0.3) is 0 Å². The van der Waals surface area contributed by atoms with Crippen LogP contribution in [0.1, 0.15) is 32.6 Å². The molecule has 1 heterocycles. The number of para-hydroxylation sites is 1. The van der Waals surface area contributed by atoms with Gasteiger partial charge in [0.15, 0.2) is 0 Å². The van der Waals surface area contributed by atoms with E-state index in [9.17, 15) is 9.59 Å². The predicted octanol–water partition coefficient (Wildman–Crippen LogP) is 1.97. The minimum Gasteiger partial charge on any atom is -0.493 e. The van der Waals surface area contributed by atoms with Gasteiger partial charge in [-0.1, -0.05) is 18.2 Å². The molecular formula is C17H24N2O3. The van der Waals surface area contributed by atoms with Crippen molar-refractivity contribution in [1.82, 2.24) is 10.2 Å². The number of hydrogen-bond donors (Lipinski definition) is 1. The topological polar surface area (TPSA) is 58.6 Å². The van der Waals surface area contributed by atoms with E-state index < -0.39 is 6.04 Å². The Bertz CT molecular complexity index is 484. The zero-order valence-corrected chi connectivity index (χ0v) is 13.1. The second-order valence-electron chi connectivity index (χ2n) is 5.59. The molecule has 1 fully saturated rings. The lowest BCUT2D eigenvalue weighted by Crippen LogP contribution is -2.48. The Morgan fingerprint density at radius 1 is 1.18 bits per heavy atom. The molecule has 5 nitrogen and oxygen atoms in total. The molecule has 1 N–H and O–H groups in total. The summed E-state index contributed by atoms with van der Waals surface area (Å²) in [7, 11) is 0. The summed E-state index contributed by atoms with van der Waals surface area (Å²) in [4.78, 5) is 25.9. The number of rotatable bonds is 6. The van der Waals surface area contributed by atoms with Crippen LogP contribution in [0.3, 0.4) is 0 Å². The van der Waals surface area contributed by atoms with E-state index in [-0.39, 0.29) is 18.2 Å². The first kappa shape index (κ1) is 16.3. The van der Waals surface area contributed by atoms with Crippen LogP contribution in [0, 0.1) is 0 Å². The second-order valence-corrected chi connectivity index (χ2v) is 5.59. The van der Waals surface area contributed by atoms with E-state index in [2.05, 4.69) is 5.32 Å². The first-order valence-corrected chi connectivity index (χ1v) is 7.93. The summed E-state index contributed by atoms with van der Waals surface area (Å²) in [5.74, 6) is 0.596. The molecule has 1 aromatic rings. The van der Waals surface area contributed by atoms with E-state index >= 15 is 0 Å². The summed E-state index contributed by atoms with van der Waals surface area (Å²) < 4.78 is 5.48. The highest BCUT2D eigenvalue weighted by Gasteiger charge is 2.23. The molecule has 0 aromatic heterocycles. The first-order chi connectivity index (χ1) is 10.7. The molecule has 0 aliphatic carbocycles. The van der Waals surface area contributed by atoms with Crippen LogP contribution in [-0.2, 0) is 9.59 Å². The lowest BCUT2D eigenvalue weighted by Gasteiger charge is -2.29. The van der Waals surface area contributed by atoms with E-state index in [1.807, 2.05) is 35.2 Å². The number of amides is 2. The normalized spacial score (nSPS) is 16.0. The maximum Gasteiger partial charge on any atom is 0.244 e. The van der Waals surface area contributed by atoms with Gasteiger partial charge >= 0.3 is 0 Å². The minimum atomic E-state index is -0.470. The highest BCUT2D eigenvalue weighted by atomic mass is 16.5. The number of ether oxygens (including phenoxy) is 1. The molecule has 1 aromatic carbocycles. The maximum absolute atomic E-state index is 12.2. The number of piperidine rings is 1. The quantitative estimate of drug-likeness (QED) is 0.874. The highest BCUT2D eigenvalue weighted by Crippen LogP contribution is 2.10. The van der Waals surface area contributed by atoms with E-state index in [0.717, 1.165) is 31.7 Å². The van der Waals surface area contributed by atoms with Crippen LogP contribution < -0.4 is 10.1 Å². The van der Waals surface area contributed by atoms with Crippen LogP contribution in [0.2, 0.25) is 0 Å². The van der Waals surface area contributed by atoms with Gasteiger partial charge in [0.25, 0.3) is 0 Å². The SMILES string of the molecule is C[C@@H](NC(=O)CCOc1ccccc1)C(=O)N1CCCCC1. The van der Waals surface area contributed by atoms with Crippen molar-refractivity contribution in [3.05, 3.63) is 30.3 Å². The third-order valence-electron chi connectivity index (χ3n) is 3.76. The molecule has 1 aliphatic heterocycles. The van der Waals surface area contributed by atoms with Crippen LogP contribution in [0.5, 0.6) is 5.75 Å². The van der Waals surface area contributed by atoms with Gasteiger partial charge < -0.3 is 15.0 Å². The Morgan fingerprint density at radius 2 is 1.86 bits per heavy atom. The number of likely N-dealkylation sites (tertiary alicyclic amines) is 1. The fraction of sp³-hybridized carbons (Fsp3) is 0.529. The Morgan fingerprint density at radius 3 is 2.55 bits per heavy atom. The summed E-state index contributed by atoms with van der Waals surface area (Å²) in [5, 5.41) is 2.75. The minimum absolute atomic E-state index is 0.0111. The van der Waals surface area contributed by atoms with Gasteiger partial charge in [0.1, 0.15) is 11.8 Å². The summed E-state index contributed by atoms with van der Waals surface area (Å²) in [6, 6.07) is 8.90. The number of carbonyl (C=O) groups is 2. The number of hydrogen-bond acceptors (Lipinski definition) is 3. The van der Waals surface area contributed by atoms with Crippen molar-refractivity contribution in [3.63, 3.8) is 0 Å². The van der Waals surface area contributed by atoms with Crippen molar-refractivity contribution in [2.24, 2.45) is 0 Å². The molecular weight excluding hydrogens is 280 g/mol. The lowest BCUT2D eigenvalue weighted by molar-refractivity contribution is -0.136. The number of carbonyl (C=O) groups excluding carboxylic acids is 2. The number of nitrogens with zero attached hydrogens (tertiary/aromatic N) is 1. The van der Waals surface area contributed by atoms with E-state index in [1.54, 1.807) is 6.92 Å². The largest absolute Gasteiger partial charge is 0.493 e. The highest BCUT2D eigenvalue weighted by molar-refractivity contribution is 5.87. The molecule has 2 amide bonds. The molecule has 0 saturated carbocycles. The van der Waals surface area contributed by atoms with E-state index in [0.29, 0.717) is 6.61 Å². The van der Waals surface area contributed by atoms with E-state index in [1.165, 1.54) is 6.42 Å². The predicted molar refractivity (Wildman–Crippen MR) is 84.6 cm³/mol. The summed E-state index contributed by atoms with van der Waals surface area (Å²) in [6.07, 6.45) is 3.53. The van der Waals surface area contributed by atoms with Crippen LogP contribution in [0.15, 0.2) is 30.3 Å². The molecule has 0 unspecified atom stereocenters. The monoisotopic (exact) mass is 304 g/mol. The van der Waals surface area contributed by atoms with Crippen molar-refractivity contribution >= 4 is 11.8 Å². The van der Waals surface area contributed by atoms with Gasteiger partial charge in [-0.15, -0.1) is 0 Å². The molecule has 0 bridgehead atoms. The molecule has 5 heteroatoms. The van der Waals surface area contributed by atoms with Crippen LogP contribution in [0.4, 0.5) is 0 Å². The lowest BCUT2D eigenvalue weighted by atomic mass is 10.1. The molecule has 1 aliphatic rings. The number of benzene rings is 1. The average Bonchev–Trinajstić information content (AvgIpc) is 2.56. The zero-order chi connectivity index (χ0) is 15.8. The molecule has 120 valence electrons. The third-order valence-corrected chi connectivity index (χ3v) is 3.76. The van der Waals surface area contributed by atoms with E-state index in [4.69, 9.17) is 4.74 Å². The second kappa shape index (κ2) is 8.41. The smallest absolute Gasteiger partial charge is 0.244 e. The van der Waals surface area contributed by atoms with Crippen molar-refractivity contribution in [2.75, 3.05) is 19.7 Å². The van der Waals surface area contributed by atoms with Gasteiger partial charge in [-0.3, -0.25) is 9.59 Å². The summed E-state index contributed by atoms with van der Waals surface area (Å²) in [6.45, 7) is 3.65. The molecule has 0 radical (unpaired) electrons. The molecule has 22 heavy (non-hydrogen) atoms. The van der Waals surface area contributed by atoms with Gasteiger partial charge in [-0.25, -0.2) is 0 Å². The molecule has 1 atom stereocenters. The van der Waals surface area contributed by atoms with Gasteiger partial charge in [0.05, 0.1) is 13.0 Å². The fourth-order valence-corrected chi connectivity index (χ4v) is 2.54. The molecule has 2 rings (SSSR count). The van der Waals surface area contributed by atoms with Crippen molar-refractivity contribution in [3.8, 4) is 5.75 Å². The fourth-order valence-electron chi connectivity index (χ4n) is 2.54. The summed E-state index contributed by atoms with van der Waals surface area (Å²) in [5.41, 5.74) is 0. The van der Waals surface area contributed by atoms with Gasteiger partial charge in [-0.05, 0) is 38.3 Å². The Labute approximate surface area is 131 Å². The van der Waals surface area contributed by atoms with Gasteiger partial charge in [-0.2, -0.15) is 0 Å². The van der Waals surface area contributed by atoms with Crippen LogP contribution in [-0.4, -0.2) is 42.5 Å². The van der Waals surface area contributed by atoms with Crippen molar-refractivity contribution in [2.45, 2.75) is 38.6 Å². The standard InChI is InChI=1S/C17H24N2O3/c1-14(17(21)19-11-6-3-7-12-19)18-16(20)10-13-22-15-8-4-2-5-9-15/h2,4-5,8-9,14H,3,6-7,10-13H2,1H3,(H,18,20)/t14-/m1/s1. The Kier molecular flexibility index (Phi) is 6.25. The summed E-state index contributed by atoms with van der Waals surface area (Å²) >= 11 is 0. The third kappa shape index (κ3) is 5.06. The Balaban J connectivity index is 1.68. The maximum atomic E-state index is 12.2. The Hall–Kier alpha value is -2.04. The van der Waals surface area contributed by atoms with Crippen molar-refractivity contribution < 1.29 is 14.3 Å². The molecule has 0 spiro atoms. The first-order valence-electron chi connectivity index (χ1n) is 7.93. The van der Waals surface area contributed by atoms with Crippen molar-refractivity contribution in [1.29, 1.82) is 0 Å². The van der Waals surface area contributed by atoms with Gasteiger partial charge in [0, 0.05) is 13.1 Å². The average molecular weight is 304 g/mol.